The summed E-state index contributed by atoms with van der Waals surface area (Å²) in [6.07, 6.45) is 6.65. The molecule has 1 aliphatic rings. The summed E-state index contributed by atoms with van der Waals surface area (Å²) in [4.78, 5) is 37.0. The van der Waals surface area contributed by atoms with Crippen molar-refractivity contribution in [3.63, 3.8) is 0 Å². The molecule has 142 valence electrons. The van der Waals surface area contributed by atoms with E-state index >= 15 is 0 Å². The van der Waals surface area contributed by atoms with Gasteiger partial charge in [-0.05, 0) is 42.5 Å². The zero-order valence-corrected chi connectivity index (χ0v) is 16.2. The number of thioether (sulfide) groups is 1. The van der Waals surface area contributed by atoms with E-state index in [0.29, 0.717) is 11.3 Å². The first kappa shape index (κ1) is 20.7. The number of imide groups is 1. The summed E-state index contributed by atoms with van der Waals surface area (Å²) in [6.45, 7) is 1.39. The van der Waals surface area contributed by atoms with Crippen molar-refractivity contribution in [2.24, 2.45) is 0 Å². The normalized spacial score (nSPS) is 15.0. The van der Waals surface area contributed by atoms with Gasteiger partial charge in [0.05, 0.1) is 23.6 Å². The average Bonchev–Trinajstić information content (AvgIpc) is 2.88. The fourth-order valence-electron chi connectivity index (χ4n) is 2.20. The van der Waals surface area contributed by atoms with Gasteiger partial charge in [-0.1, -0.05) is 17.5 Å². The Bertz CT molecular complexity index is 845. The predicted molar refractivity (Wildman–Crippen MR) is 102 cm³/mol. The third-order valence-electron chi connectivity index (χ3n) is 3.32. The molecular formula is C18H16ClNO6S. The van der Waals surface area contributed by atoms with Crippen LogP contribution in [0.2, 0.25) is 5.02 Å². The maximum Gasteiger partial charge on any atom is 0.326 e. The van der Waals surface area contributed by atoms with Crippen molar-refractivity contribution in [2.45, 2.75) is 6.92 Å². The zero-order chi connectivity index (χ0) is 20.0. The lowest BCUT2D eigenvalue weighted by Gasteiger charge is -2.12. The molecule has 0 aromatic heterocycles. The third-order valence-corrected chi connectivity index (χ3v) is 4.50. The Hall–Kier alpha value is -2.63. The second-order valence-electron chi connectivity index (χ2n) is 5.10. The maximum absolute atomic E-state index is 12.4. The lowest BCUT2D eigenvalue weighted by atomic mass is 10.1. The van der Waals surface area contributed by atoms with Crippen LogP contribution in [0.3, 0.4) is 0 Å². The summed E-state index contributed by atoms with van der Waals surface area (Å²) in [5.41, 5.74) is 0.520. The topological polar surface area (TPSA) is 82.1 Å². The number of carbonyl (C=O) groups is 3. The molecular weight excluding hydrogens is 394 g/mol. The number of hydrogen-bond acceptors (Lipinski definition) is 7. The summed E-state index contributed by atoms with van der Waals surface area (Å²) in [5, 5.41) is -0.312. The van der Waals surface area contributed by atoms with E-state index in [1.54, 1.807) is 19.1 Å². The van der Waals surface area contributed by atoms with Crippen LogP contribution in [-0.4, -0.2) is 48.9 Å². The van der Waals surface area contributed by atoms with Crippen LogP contribution >= 0.6 is 23.4 Å². The summed E-state index contributed by atoms with van der Waals surface area (Å²) < 4.78 is 15.4. The number of terminal acetylenes is 1. The van der Waals surface area contributed by atoms with Crippen molar-refractivity contribution in [1.82, 2.24) is 4.90 Å². The molecule has 0 N–H and O–H groups in total. The predicted octanol–water partition coefficient (Wildman–Crippen LogP) is 2.96. The minimum absolute atomic E-state index is 0.0160. The maximum atomic E-state index is 12.4. The smallest absolute Gasteiger partial charge is 0.326 e. The first-order valence-electron chi connectivity index (χ1n) is 7.76. The van der Waals surface area contributed by atoms with Gasteiger partial charge >= 0.3 is 5.97 Å². The highest BCUT2D eigenvalue weighted by atomic mass is 35.5. The molecule has 7 nitrogen and oxygen atoms in total. The highest BCUT2D eigenvalue weighted by molar-refractivity contribution is 8.18. The fraction of sp³-hybridized carbons (Fsp3) is 0.278. The SMILES string of the molecule is C#CCOc1c(Cl)cc(/C=C2/SC(=O)N(CC(=O)OCC)C2=O)cc1OC. The number of amides is 2. The van der Waals surface area contributed by atoms with Crippen LogP contribution in [0.25, 0.3) is 6.08 Å². The largest absolute Gasteiger partial charge is 0.493 e. The van der Waals surface area contributed by atoms with Gasteiger partial charge in [0.1, 0.15) is 13.2 Å². The van der Waals surface area contributed by atoms with Gasteiger partial charge in [0.15, 0.2) is 11.5 Å². The van der Waals surface area contributed by atoms with Crippen molar-refractivity contribution in [1.29, 1.82) is 0 Å². The van der Waals surface area contributed by atoms with Crippen LogP contribution in [0.1, 0.15) is 12.5 Å². The molecule has 2 amide bonds. The summed E-state index contributed by atoms with van der Waals surface area (Å²) in [5.74, 6) is 1.71. The van der Waals surface area contributed by atoms with Crippen LogP contribution in [-0.2, 0) is 14.3 Å². The molecule has 9 heteroatoms. The highest BCUT2D eigenvalue weighted by Gasteiger charge is 2.36. The summed E-state index contributed by atoms with van der Waals surface area (Å²) in [6, 6.07) is 3.15. The molecule has 1 aliphatic heterocycles. The standard InChI is InChI=1S/C18H16ClNO6S/c1-4-6-26-16-12(19)7-11(8-13(16)24-3)9-14-17(22)20(18(23)27-14)10-15(21)25-5-2/h1,7-9H,5-6,10H2,2-3H3/b14-9+. The number of esters is 1. The number of hydrogen-bond donors (Lipinski definition) is 0. The Balaban J connectivity index is 2.27. The van der Waals surface area contributed by atoms with Crippen LogP contribution in [0.4, 0.5) is 4.79 Å². The average molecular weight is 410 g/mol. The Morgan fingerprint density at radius 3 is 2.78 bits per heavy atom. The molecule has 0 radical (unpaired) electrons. The Morgan fingerprint density at radius 1 is 1.41 bits per heavy atom. The fourth-order valence-corrected chi connectivity index (χ4v) is 3.31. The van der Waals surface area contributed by atoms with E-state index in [4.69, 9.17) is 32.2 Å². The van der Waals surface area contributed by atoms with E-state index < -0.39 is 23.7 Å². The molecule has 2 rings (SSSR count). The van der Waals surface area contributed by atoms with E-state index in [0.717, 1.165) is 16.7 Å². The van der Waals surface area contributed by atoms with E-state index in [9.17, 15) is 14.4 Å². The molecule has 1 aromatic carbocycles. The monoisotopic (exact) mass is 409 g/mol. The van der Waals surface area contributed by atoms with Crippen LogP contribution in [0, 0.1) is 12.3 Å². The Morgan fingerprint density at radius 2 is 2.15 bits per heavy atom. The zero-order valence-electron chi connectivity index (χ0n) is 14.6. The molecule has 1 aromatic rings. The number of rotatable bonds is 7. The number of halogens is 1. The molecule has 0 atom stereocenters. The van der Waals surface area contributed by atoms with Gasteiger partial charge in [-0.2, -0.15) is 0 Å². The molecule has 0 spiro atoms. The molecule has 27 heavy (non-hydrogen) atoms. The number of ether oxygens (including phenoxy) is 3. The minimum Gasteiger partial charge on any atom is -0.493 e. The van der Waals surface area contributed by atoms with Gasteiger partial charge in [-0.15, -0.1) is 6.42 Å². The second-order valence-corrected chi connectivity index (χ2v) is 6.50. The third kappa shape index (κ3) is 4.96. The highest BCUT2D eigenvalue weighted by Crippen LogP contribution is 2.38. The first-order chi connectivity index (χ1) is 12.9. The van der Waals surface area contributed by atoms with Crippen LogP contribution in [0.5, 0.6) is 11.5 Å². The molecule has 0 bridgehead atoms. The molecule has 1 saturated heterocycles. The van der Waals surface area contributed by atoms with Gasteiger partial charge in [-0.25, -0.2) is 0 Å². The van der Waals surface area contributed by atoms with E-state index in [1.807, 2.05) is 0 Å². The van der Waals surface area contributed by atoms with Gasteiger partial charge in [-0.3, -0.25) is 19.3 Å². The summed E-state index contributed by atoms with van der Waals surface area (Å²) >= 11 is 6.92. The lowest BCUT2D eigenvalue weighted by molar-refractivity contribution is -0.145. The van der Waals surface area contributed by atoms with E-state index in [-0.39, 0.29) is 28.9 Å². The van der Waals surface area contributed by atoms with E-state index in [1.165, 1.54) is 13.2 Å². The van der Waals surface area contributed by atoms with Crippen molar-refractivity contribution in [3.05, 3.63) is 27.6 Å². The summed E-state index contributed by atoms with van der Waals surface area (Å²) in [7, 11) is 1.44. The molecule has 0 unspecified atom stereocenters. The Labute approximate surface area is 165 Å². The van der Waals surface area contributed by atoms with Gasteiger partial charge in [0, 0.05) is 0 Å². The number of benzene rings is 1. The minimum atomic E-state index is -0.652. The quantitative estimate of drug-likeness (QED) is 0.389. The molecule has 0 aliphatic carbocycles. The van der Waals surface area contributed by atoms with E-state index in [2.05, 4.69) is 5.92 Å². The lowest BCUT2D eigenvalue weighted by Crippen LogP contribution is -2.34. The van der Waals surface area contributed by atoms with Crippen LogP contribution in [0.15, 0.2) is 17.0 Å². The molecule has 1 heterocycles. The van der Waals surface area contributed by atoms with Gasteiger partial charge < -0.3 is 14.2 Å². The number of nitrogens with zero attached hydrogens (tertiary/aromatic N) is 1. The van der Waals surface area contributed by atoms with Crippen molar-refractivity contribution >= 4 is 46.6 Å². The van der Waals surface area contributed by atoms with Gasteiger partial charge in [0.25, 0.3) is 11.1 Å². The van der Waals surface area contributed by atoms with Crippen molar-refractivity contribution in [2.75, 3.05) is 26.9 Å². The Kier molecular flexibility index (Phi) is 7.16. The molecule has 1 fully saturated rings. The van der Waals surface area contributed by atoms with Crippen LogP contribution < -0.4 is 9.47 Å². The first-order valence-corrected chi connectivity index (χ1v) is 8.95. The van der Waals surface area contributed by atoms with Crippen molar-refractivity contribution in [3.8, 4) is 23.8 Å². The number of methoxy groups -OCH3 is 1. The second kappa shape index (κ2) is 9.35. The van der Waals surface area contributed by atoms with Crippen molar-refractivity contribution < 1.29 is 28.6 Å². The number of carbonyl (C=O) groups excluding carboxylic acids is 3. The van der Waals surface area contributed by atoms with Gasteiger partial charge in [0.2, 0.25) is 0 Å². The molecule has 0 saturated carbocycles.